The van der Waals surface area contributed by atoms with Gasteiger partial charge < -0.3 is 27.2 Å². The quantitative estimate of drug-likeness (QED) is 0.276. The summed E-state index contributed by atoms with van der Waals surface area (Å²) in [6, 6.07) is -1.73. The number of hydrogen-bond donors (Lipinski definition) is 5. The van der Waals surface area contributed by atoms with Crippen molar-refractivity contribution in [3.05, 3.63) is 0 Å². The number of rotatable bonds is 13. The average Bonchev–Trinajstić information content (AvgIpc) is 2.50. The van der Waals surface area contributed by atoms with E-state index < -0.39 is 24.0 Å². The Morgan fingerprint density at radius 1 is 1.04 bits per heavy atom. The van der Waals surface area contributed by atoms with Crippen LogP contribution in [0.2, 0.25) is 0 Å². The number of carboxylic acids is 1. The highest BCUT2D eigenvalue weighted by atomic mass is 32.2. The van der Waals surface area contributed by atoms with Gasteiger partial charge in [-0.25, -0.2) is 4.79 Å². The lowest BCUT2D eigenvalue weighted by molar-refractivity contribution is -0.142. The molecule has 7 N–H and O–H groups in total. The van der Waals surface area contributed by atoms with E-state index in [1.165, 1.54) is 11.8 Å². The SMILES string of the molecule is CSCC[C@H](NC(=O)[C@H](CCCCN)NC(=O)CCN)C(=O)O. The smallest absolute Gasteiger partial charge is 0.326 e. The zero-order chi connectivity index (χ0) is 17.7. The van der Waals surface area contributed by atoms with E-state index >= 15 is 0 Å². The first-order chi connectivity index (χ1) is 11.0. The molecule has 8 nitrogen and oxygen atoms in total. The number of thioether (sulfide) groups is 1. The third-order valence-corrected chi connectivity index (χ3v) is 3.84. The minimum Gasteiger partial charge on any atom is -0.480 e. The lowest BCUT2D eigenvalue weighted by Gasteiger charge is -2.21. The molecule has 0 saturated carbocycles. The molecule has 0 aliphatic rings. The maximum atomic E-state index is 12.3. The van der Waals surface area contributed by atoms with E-state index in [1.54, 1.807) is 0 Å². The summed E-state index contributed by atoms with van der Waals surface area (Å²) in [5.41, 5.74) is 10.8. The monoisotopic (exact) mass is 348 g/mol. The van der Waals surface area contributed by atoms with Crippen molar-refractivity contribution in [3.8, 4) is 0 Å². The standard InChI is InChI=1S/C14H28N4O4S/c1-23-9-6-11(14(21)22)18-13(20)10(4-2-3-7-15)17-12(19)5-8-16/h10-11H,2-9,15-16H2,1H3,(H,17,19)(H,18,20)(H,21,22)/t10-,11-/m0/s1. The Morgan fingerprint density at radius 3 is 2.26 bits per heavy atom. The summed E-state index contributed by atoms with van der Waals surface area (Å²) in [4.78, 5) is 35.2. The number of unbranched alkanes of at least 4 members (excludes halogenated alkanes) is 1. The van der Waals surface area contributed by atoms with E-state index in [1.807, 2.05) is 6.26 Å². The Bertz CT molecular complexity index is 382. The minimum atomic E-state index is -1.08. The van der Waals surface area contributed by atoms with Gasteiger partial charge in [-0.15, -0.1) is 0 Å². The van der Waals surface area contributed by atoms with Crippen LogP contribution in [-0.2, 0) is 14.4 Å². The van der Waals surface area contributed by atoms with Crippen LogP contribution in [-0.4, -0.2) is 60.1 Å². The Hall–Kier alpha value is -1.32. The molecule has 0 unspecified atom stereocenters. The van der Waals surface area contributed by atoms with Gasteiger partial charge in [0.1, 0.15) is 12.1 Å². The third kappa shape index (κ3) is 10.1. The number of nitrogens with one attached hydrogen (secondary N) is 2. The molecule has 0 aliphatic heterocycles. The van der Waals surface area contributed by atoms with Gasteiger partial charge >= 0.3 is 5.97 Å². The molecule has 2 amide bonds. The van der Waals surface area contributed by atoms with Gasteiger partial charge in [0.15, 0.2) is 0 Å². The van der Waals surface area contributed by atoms with Crippen molar-refractivity contribution in [2.24, 2.45) is 11.5 Å². The van der Waals surface area contributed by atoms with Crippen LogP contribution in [0.4, 0.5) is 0 Å². The number of amides is 2. The van der Waals surface area contributed by atoms with E-state index in [9.17, 15) is 14.4 Å². The van der Waals surface area contributed by atoms with Crippen LogP contribution in [0.3, 0.4) is 0 Å². The zero-order valence-electron chi connectivity index (χ0n) is 13.5. The van der Waals surface area contributed by atoms with Crippen LogP contribution in [0.1, 0.15) is 32.1 Å². The van der Waals surface area contributed by atoms with Crippen molar-refractivity contribution in [2.75, 3.05) is 25.1 Å². The summed E-state index contributed by atoms with van der Waals surface area (Å²) in [6.07, 6.45) is 4.12. The minimum absolute atomic E-state index is 0.121. The molecule has 0 aromatic heterocycles. The fourth-order valence-electron chi connectivity index (χ4n) is 1.92. The van der Waals surface area contributed by atoms with Gasteiger partial charge in [-0.05, 0) is 44.2 Å². The second kappa shape index (κ2) is 13.1. The lowest BCUT2D eigenvalue weighted by atomic mass is 10.1. The first-order valence-corrected chi connectivity index (χ1v) is 9.07. The zero-order valence-corrected chi connectivity index (χ0v) is 14.4. The van der Waals surface area contributed by atoms with Gasteiger partial charge in [0.25, 0.3) is 0 Å². The van der Waals surface area contributed by atoms with Crippen molar-refractivity contribution in [1.82, 2.24) is 10.6 Å². The molecule has 0 aromatic rings. The van der Waals surface area contributed by atoms with Crippen molar-refractivity contribution in [2.45, 2.75) is 44.2 Å². The number of hydrogen-bond acceptors (Lipinski definition) is 6. The number of carbonyl (C=O) groups excluding carboxylic acids is 2. The molecule has 9 heteroatoms. The molecule has 0 rings (SSSR count). The fourth-order valence-corrected chi connectivity index (χ4v) is 2.40. The molecule has 0 fully saturated rings. The highest BCUT2D eigenvalue weighted by Crippen LogP contribution is 2.05. The molecule has 23 heavy (non-hydrogen) atoms. The third-order valence-electron chi connectivity index (χ3n) is 3.20. The first kappa shape index (κ1) is 21.7. The average molecular weight is 348 g/mol. The first-order valence-electron chi connectivity index (χ1n) is 7.67. The van der Waals surface area contributed by atoms with E-state index in [2.05, 4.69) is 10.6 Å². The van der Waals surface area contributed by atoms with Crippen LogP contribution >= 0.6 is 11.8 Å². The van der Waals surface area contributed by atoms with Crippen LogP contribution in [0.15, 0.2) is 0 Å². The van der Waals surface area contributed by atoms with E-state index in [0.717, 1.165) is 6.42 Å². The summed E-state index contributed by atoms with van der Waals surface area (Å²) in [5, 5.41) is 14.3. The normalized spacial score (nSPS) is 13.2. The molecular weight excluding hydrogens is 320 g/mol. The van der Waals surface area contributed by atoms with Gasteiger partial charge in [-0.1, -0.05) is 0 Å². The van der Waals surface area contributed by atoms with Crippen molar-refractivity contribution in [3.63, 3.8) is 0 Å². The molecule has 0 radical (unpaired) electrons. The van der Waals surface area contributed by atoms with Gasteiger partial charge in [-0.3, -0.25) is 9.59 Å². The highest BCUT2D eigenvalue weighted by Gasteiger charge is 2.25. The highest BCUT2D eigenvalue weighted by molar-refractivity contribution is 7.98. The second-order valence-corrected chi connectivity index (χ2v) is 6.11. The van der Waals surface area contributed by atoms with Crippen LogP contribution in [0.25, 0.3) is 0 Å². The Labute approximate surface area is 141 Å². The molecule has 0 aliphatic carbocycles. The molecule has 0 saturated heterocycles. The molecule has 0 spiro atoms. The summed E-state index contributed by atoms with van der Waals surface area (Å²) in [6.45, 7) is 0.686. The summed E-state index contributed by atoms with van der Waals surface area (Å²) >= 11 is 1.50. The molecule has 0 bridgehead atoms. The Morgan fingerprint density at radius 2 is 1.74 bits per heavy atom. The largest absolute Gasteiger partial charge is 0.480 e. The topological polar surface area (TPSA) is 148 Å². The van der Waals surface area contributed by atoms with E-state index in [-0.39, 0.29) is 18.9 Å². The number of carboxylic acid groups (broad SMARTS) is 1. The van der Waals surface area contributed by atoms with Crippen LogP contribution in [0, 0.1) is 0 Å². The Kier molecular flexibility index (Phi) is 12.4. The van der Waals surface area contributed by atoms with Gasteiger partial charge in [0.05, 0.1) is 0 Å². The van der Waals surface area contributed by atoms with Gasteiger partial charge in [0.2, 0.25) is 11.8 Å². The maximum Gasteiger partial charge on any atom is 0.326 e. The van der Waals surface area contributed by atoms with E-state index in [0.29, 0.717) is 31.6 Å². The number of aliphatic carboxylic acids is 1. The summed E-state index contributed by atoms with van der Waals surface area (Å²) in [7, 11) is 0. The van der Waals surface area contributed by atoms with Crippen molar-refractivity contribution >= 4 is 29.5 Å². The summed E-state index contributed by atoms with van der Waals surface area (Å²) in [5.74, 6) is -1.27. The number of carbonyl (C=O) groups is 3. The maximum absolute atomic E-state index is 12.3. The summed E-state index contributed by atoms with van der Waals surface area (Å²) < 4.78 is 0. The fraction of sp³-hybridized carbons (Fsp3) is 0.786. The van der Waals surface area contributed by atoms with Crippen molar-refractivity contribution < 1.29 is 19.5 Å². The van der Waals surface area contributed by atoms with Gasteiger partial charge in [-0.2, -0.15) is 11.8 Å². The molecular formula is C14H28N4O4S. The Balaban J connectivity index is 4.72. The predicted molar refractivity (Wildman–Crippen MR) is 91.1 cm³/mol. The van der Waals surface area contributed by atoms with Crippen LogP contribution in [0.5, 0.6) is 0 Å². The predicted octanol–water partition coefficient (Wildman–Crippen LogP) is -0.728. The van der Waals surface area contributed by atoms with E-state index in [4.69, 9.17) is 16.6 Å². The molecule has 0 heterocycles. The molecule has 134 valence electrons. The molecule has 2 atom stereocenters. The number of nitrogens with two attached hydrogens (primary N) is 2. The van der Waals surface area contributed by atoms with Gasteiger partial charge in [0, 0.05) is 13.0 Å². The molecule has 0 aromatic carbocycles. The second-order valence-electron chi connectivity index (χ2n) is 5.12. The van der Waals surface area contributed by atoms with Crippen molar-refractivity contribution in [1.29, 1.82) is 0 Å². The van der Waals surface area contributed by atoms with Crippen LogP contribution < -0.4 is 22.1 Å². The lowest BCUT2D eigenvalue weighted by Crippen LogP contribution is -2.52.